The van der Waals surface area contributed by atoms with E-state index in [4.69, 9.17) is 28.4 Å². The average molecular weight is 342 g/mol. The van der Waals surface area contributed by atoms with Gasteiger partial charge in [0.2, 0.25) is 6.29 Å². The zero-order valence-corrected chi connectivity index (χ0v) is 14.5. The smallest absolute Gasteiger partial charge is 0.229 e. The summed E-state index contributed by atoms with van der Waals surface area (Å²) in [6, 6.07) is 7.53. The minimum atomic E-state index is -0.749. The Morgan fingerprint density at radius 2 is 1.62 bits per heavy atom. The lowest BCUT2D eigenvalue weighted by molar-refractivity contribution is -0.291. The molecule has 1 heterocycles. The summed E-state index contributed by atoms with van der Waals surface area (Å²) in [4.78, 5) is 0. The van der Waals surface area contributed by atoms with E-state index < -0.39 is 30.7 Å². The van der Waals surface area contributed by atoms with E-state index in [0.717, 1.165) is 5.56 Å². The normalized spacial score (nSPS) is 30.3. The highest BCUT2D eigenvalue weighted by Crippen LogP contribution is 2.30. The molecule has 0 bridgehead atoms. The molecule has 1 saturated heterocycles. The summed E-state index contributed by atoms with van der Waals surface area (Å²) < 4.78 is 33.6. The fourth-order valence-corrected chi connectivity index (χ4v) is 2.94. The van der Waals surface area contributed by atoms with Gasteiger partial charge in [-0.25, -0.2) is 0 Å². The second-order valence-corrected chi connectivity index (χ2v) is 5.49. The molecule has 24 heavy (non-hydrogen) atoms. The van der Waals surface area contributed by atoms with Crippen molar-refractivity contribution in [2.24, 2.45) is 0 Å². The van der Waals surface area contributed by atoms with Crippen LogP contribution >= 0.6 is 0 Å². The van der Waals surface area contributed by atoms with Crippen molar-refractivity contribution in [2.45, 2.75) is 37.3 Å². The molecule has 0 amide bonds. The Hall–Kier alpha value is -1.22. The first kappa shape index (κ1) is 19.1. The van der Waals surface area contributed by atoms with Gasteiger partial charge < -0.3 is 33.5 Å². The van der Waals surface area contributed by atoms with Gasteiger partial charge in [-0.2, -0.15) is 0 Å². The van der Waals surface area contributed by atoms with E-state index in [9.17, 15) is 5.11 Å². The predicted octanol–water partition coefficient (Wildman–Crippen LogP) is 0.974. The van der Waals surface area contributed by atoms with Crippen LogP contribution in [0, 0.1) is 0 Å². The lowest BCUT2D eigenvalue weighted by atomic mass is 9.98. The summed E-state index contributed by atoms with van der Waals surface area (Å²) in [6.07, 6.45) is -2.74. The molecule has 7 nitrogen and oxygen atoms in total. The molecule has 136 valence electrons. The maximum absolute atomic E-state index is 9.61. The number of aliphatic hydroxyl groups is 1. The van der Waals surface area contributed by atoms with Crippen molar-refractivity contribution in [3.8, 4) is 5.75 Å². The number of aliphatic hydroxyl groups excluding tert-OH is 1. The van der Waals surface area contributed by atoms with E-state index in [-0.39, 0.29) is 6.61 Å². The summed E-state index contributed by atoms with van der Waals surface area (Å²) in [5, 5.41) is 9.61. The van der Waals surface area contributed by atoms with E-state index in [1.54, 1.807) is 28.4 Å². The van der Waals surface area contributed by atoms with Crippen LogP contribution in [0.5, 0.6) is 5.75 Å². The van der Waals surface area contributed by atoms with E-state index in [0.29, 0.717) is 12.4 Å². The second-order valence-electron chi connectivity index (χ2n) is 5.49. The van der Waals surface area contributed by atoms with E-state index in [1.807, 2.05) is 24.3 Å². The van der Waals surface area contributed by atoms with Crippen LogP contribution in [-0.2, 0) is 30.3 Å². The predicted molar refractivity (Wildman–Crippen MR) is 85.9 cm³/mol. The Balaban J connectivity index is 2.24. The van der Waals surface area contributed by atoms with Gasteiger partial charge in [0.25, 0.3) is 0 Å². The van der Waals surface area contributed by atoms with Gasteiger partial charge in [-0.15, -0.1) is 0 Å². The molecule has 1 aromatic rings. The van der Waals surface area contributed by atoms with E-state index >= 15 is 0 Å². The highest BCUT2D eigenvalue weighted by molar-refractivity contribution is 5.33. The second kappa shape index (κ2) is 9.31. The van der Waals surface area contributed by atoms with Gasteiger partial charge in [-0.1, -0.05) is 18.2 Å². The maximum Gasteiger partial charge on any atom is 0.229 e. The number of hydrogen-bond acceptors (Lipinski definition) is 7. The van der Waals surface area contributed by atoms with Gasteiger partial charge in [0, 0.05) is 34.0 Å². The monoisotopic (exact) mass is 342 g/mol. The standard InChI is InChI=1S/C17H26O7/c1-19-10-11-7-5-6-8-12(11)23-17-16(22-4)15(21-3)14(20-2)13(9-18)24-17/h5-8,13-18H,9-10H2,1-4H3/t13-,14+,15+,16+,17-/m0/s1. The number of hydrogen-bond donors (Lipinski definition) is 1. The van der Waals surface area contributed by atoms with Gasteiger partial charge >= 0.3 is 0 Å². The quantitative estimate of drug-likeness (QED) is 0.754. The Labute approximate surface area is 142 Å². The molecule has 1 aliphatic heterocycles. The summed E-state index contributed by atoms with van der Waals surface area (Å²) >= 11 is 0. The lowest BCUT2D eigenvalue weighted by Crippen LogP contribution is -2.61. The molecule has 2 rings (SSSR count). The highest BCUT2D eigenvalue weighted by Gasteiger charge is 2.48. The summed E-state index contributed by atoms with van der Waals surface area (Å²) in [5.74, 6) is 0.633. The summed E-state index contributed by atoms with van der Waals surface area (Å²) in [6.45, 7) is 0.201. The van der Waals surface area contributed by atoms with Gasteiger partial charge in [0.1, 0.15) is 30.2 Å². The number of ether oxygens (including phenoxy) is 6. The van der Waals surface area contributed by atoms with Crippen LogP contribution in [0.1, 0.15) is 5.56 Å². The zero-order valence-electron chi connectivity index (χ0n) is 14.5. The van der Waals surface area contributed by atoms with Crippen LogP contribution in [0.2, 0.25) is 0 Å². The average Bonchev–Trinajstić information content (AvgIpc) is 2.62. The molecule has 1 N–H and O–H groups in total. The highest BCUT2D eigenvalue weighted by atomic mass is 16.7. The molecule has 0 saturated carbocycles. The van der Waals surface area contributed by atoms with Crippen molar-refractivity contribution in [2.75, 3.05) is 35.0 Å². The molecular weight excluding hydrogens is 316 g/mol. The van der Waals surface area contributed by atoms with Crippen LogP contribution in [0.3, 0.4) is 0 Å². The van der Waals surface area contributed by atoms with Crippen molar-refractivity contribution >= 4 is 0 Å². The Kier molecular flexibility index (Phi) is 7.41. The zero-order chi connectivity index (χ0) is 17.5. The first-order chi connectivity index (χ1) is 11.7. The molecule has 0 radical (unpaired) electrons. The molecule has 7 heteroatoms. The topological polar surface area (TPSA) is 75.6 Å². The van der Waals surface area contributed by atoms with Crippen LogP contribution in [0.4, 0.5) is 0 Å². The molecule has 0 spiro atoms. The third kappa shape index (κ3) is 4.05. The fraction of sp³-hybridized carbons (Fsp3) is 0.647. The lowest BCUT2D eigenvalue weighted by Gasteiger charge is -2.44. The first-order valence-corrected chi connectivity index (χ1v) is 7.78. The van der Waals surface area contributed by atoms with Gasteiger partial charge in [0.15, 0.2) is 0 Å². The fourth-order valence-electron chi connectivity index (χ4n) is 2.94. The van der Waals surface area contributed by atoms with Crippen LogP contribution in [0.15, 0.2) is 24.3 Å². The van der Waals surface area contributed by atoms with Crippen LogP contribution in [-0.4, -0.2) is 70.9 Å². The largest absolute Gasteiger partial charge is 0.462 e. The minimum absolute atomic E-state index is 0.214. The number of benzene rings is 1. The van der Waals surface area contributed by atoms with E-state index in [1.165, 1.54) is 0 Å². The van der Waals surface area contributed by atoms with Crippen molar-refractivity contribution in [1.29, 1.82) is 0 Å². The number of rotatable bonds is 8. The van der Waals surface area contributed by atoms with E-state index in [2.05, 4.69) is 0 Å². The first-order valence-electron chi connectivity index (χ1n) is 7.78. The molecule has 0 aromatic heterocycles. The third-order valence-electron chi connectivity index (χ3n) is 4.10. The molecule has 1 fully saturated rings. The van der Waals surface area contributed by atoms with Gasteiger partial charge in [0.05, 0.1) is 13.2 Å². The molecule has 1 aliphatic rings. The van der Waals surface area contributed by atoms with Crippen molar-refractivity contribution in [3.63, 3.8) is 0 Å². The summed E-state index contributed by atoms with van der Waals surface area (Å²) in [7, 11) is 6.30. The minimum Gasteiger partial charge on any atom is -0.462 e. The Bertz CT molecular complexity index is 496. The summed E-state index contributed by atoms with van der Waals surface area (Å²) in [5.41, 5.74) is 0.891. The number of methoxy groups -OCH3 is 4. The third-order valence-corrected chi connectivity index (χ3v) is 4.10. The molecule has 5 atom stereocenters. The maximum atomic E-state index is 9.61. The Morgan fingerprint density at radius 1 is 0.958 bits per heavy atom. The molecule has 1 aromatic carbocycles. The molecular formula is C17H26O7. The van der Waals surface area contributed by atoms with Gasteiger partial charge in [-0.3, -0.25) is 0 Å². The van der Waals surface area contributed by atoms with Gasteiger partial charge in [-0.05, 0) is 6.07 Å². The SMILES string of the molecule is COCc1ccccc1O[C@H]1O[C@@H](CO)[C@@H](OC)[C@@H](OC)[C@H]1OC. The molecule has 0 unspecified atom stereocenters. The van der Waals surface area contributed by atoms with Crippen LogP contribution < -0.4 is 4.74 Å². The van der Waals surface area contributed by atoms with Crippen LogP contribution in [0.25, 0.3) is 0 Å². The molecule has 0 aliphatic carbocycles. The van der Waals surface area contributed by atoms with Crippen molar-refractivity contribution in [1.82, 2.24) is 0 Å². The van der Waals surface area contributed by atoms with Crippen molar-refractivity contribution < 1.29 is 33.5 Å². The number of para-hydroxylation sites is 1. The Morgan fingerprint density at radius 3 is 2.21 bits per heavy atom. The van der Waals surface area contributed by atoms with Crippen molar-refractivity contribution in [3.05, 3.63) is 29.8 Å².